The minimum atomic E-state index is -0.532. The monoisotopic (exact) mass is 322 g/mol. The van der Waals surface area contributed by atoms with Crippen molar-refractivity contribution in [1.29, 1.82) is 0 Å². The van der Waals surface area contributed by atoms with E-state index in [9.17, 15) is 9.18 Å². The van der Waals surface area contributed by atoms with Crippen LogP contribution in [0.15, 0.2) is 22.7 Å². The van der Waals surface area contributed by atoms with E-state index >= 15 is 0 Å². The Morgan fingerprint density at radius 1 is 1.41 bits per heavy atom. The molecule has 4 nitrogen and oxygen atoms in total. The van der Waals surface area contributed by atoms with Gasteiger partial charge in [0.05, 0.1) is 10.6 Å². The van der Waals surface area contributed by atoms with Crippen LogP contribution in [0, 0.1) is 12.7 Å². The number of aryl methyl sites for hydroxylation is 1. The lowest BCUT2D eigenvalue weighted by Crippen LogP contribution is -2.33. The Labute approximate surface area is 132 Å². The van der Waals surface area contributed by atoms with E-state index in [4.69, 9.17) is 16.1 Å². The van der Waals surface area contributed by atoms with Crippen molar-refractivity contribution >= 4 is 17.5 Å². The molecule has 0 atom stereocenters. The maximum atomic E-state index is 14.1. The molecule has 1 aromatic heterocycles. The normalized spacial score (nSPS) is 15.2. The summed E-state index contributed by atoms with van der Waals surface area (Å²) < 4.78 is 19.2. The van der Waals surface area contributed by atoms with Crippen LogP contribution in [0.4, 0.5) is 4.39 Å². The molecule has 6 heteroatoms. The molecule has 22 heavy (non-hydrogen) atoms. The number of carbonyl (C=O) groups is 1. The number of carbonyl (C=O) groups excluding carboxylic acids is 1. The third kappa shape index (κ3) is 2.73. The van der Waals surface area contributed by atoms with Crippen LogP contribution in [0.1, 0.15) is 41.8 Å². The number of nitrogens with zero attached hydrogens (tertiary/aromatic N) is 1. The van der Waals surface area contributed by atoms with E-state index in [1.807, 2.05) is 0 Å². The number of hydrogen-bond donors (Lipinski definition) is 1. The molecule has 1 aromatic carbocycles. The summed E-state index contributed by atoms with van der Waals surface area (Å²) in [6.45, 7) is 1.63. The van der Waals surface area contributed by atoms with Crippen molar-refractivity contribution in [2.45, 2.75) is 38.6 Å². The highest BCUT2D eigenvalue weighted by molar-refractivity contribution is 6.33. The van der Waals surface area contributed by atoms with Gasteiger partial charge in [-0.3, -0.25) is 4.79 Å². The highest BCUT2D eigenvalue weighted by atomic mass is 35.5. The minimum Gasteiger partial charge on any atom is -0.360 e. The molecule has 0 unspecified atom stereocenters. The molecule has 1 N–H and O–H groups in total. The van der Waals surface area contributed by atoms with Gasteiger partial charge in [0, 0.05) is 6.04 Å². The Hall–Kier alpha value is -1.88. The lowest BCUT2D eigenvalue weighted by molar-refractivity contribution is 0.0937. The van der Waals surface area contributed by atoms with Crippen LogP contribution < -0.4 is 5.32 Å². The van der Waals surface area contributed by atoms with Crippen molar-refractivity contribution in [2.24, 2.45) is 0 Å². The summed E-state index contributed by atoms with van der Waals surface area (Å²) in [5.74, 6) is -0.472. The molecule has 0 radical (unpaired) electrons. The second kappa shape index (κ2) is 6.08. The van der Waals surface area contributed by atoms with Crippen molar-refractivity contribution < 1.29 is 13.7 Å². The zero-order valence-corrected chi connectivity index (χ0v) is 12.9. The first-order chi connectivity index (χ1) is 10.6. The molecule has 1 aliphatic rings. The Morgan fingerprint density at radius 2 is 2.14 bits per heavy atom. The van der Waals surface area contributed by atoms with E-state index in [1.54, 1.807) is 13.0 Å². The van der Waals surface area contributed by atoms with Gasteiger partial charge in [-0.25, -0.2) is 4.39 Å². The van der Waals surface area contributed by atoms with Crippen molar-refractivity contribution in [3.8, 4) is 11.3 Å². The van der Waals surface area contributed by atoms with Crippen LogP contribution >= 0.6 is 11.6 Å². The topological polar surface area (TPSA) is 55.1 Å². The average Bonchev–Trinajstić information content (AvgIpc) is 3.09. The molecule has 2 aromatic rings. The van der Waals surface area contributed by atoms with Crippen molar-refractivity contribution in [3.63, 3.8) is 0 Å². The average molecular weight is 323 g/mol. The van der Waals surface area contributed by atoms with E-state index in [0.717, 1.165) is 25.7 Å². The molecular weight excluding hydrogens is 307 g/mol. The number of amides is 1. The zero-order valence-electron chi connectivity index (χ0n) is 12.2. The SMILES string of the molecule is Cc1onc(-c2c(F)cccc2Cl)c1C(=O)NC1CCCC1. The molecule has 0 aliphatic heterocycles. The number of aromatic nitrogens is 1. The van der Waals surface area contributed by atoms with E-state index in [1.165, 1.54) is 12.1 Å². The van der Waals surface area contributed by atoms with Crippen LogP contribution in [0.5, 0.6) is 0 Å². The summed E-state index contributed by atoms with van der Waals surface area (Å²) in [6.07, 6.45) is 4.15. The molecule has 0 bridgehead atoms. The highest BCUT2D eigenvalue weighted by Crippen LogP contribution is 2.33. The first-order valence-electron chi connectivity index (χ1n) is 7.29. The summed E-state index contributed by atoms with van der Waals surface area (Å²) in [6, 6.07) is 4.50. The Morgan fingerprint density at radius 3 is 2.82 bits per heavy atom. The molecule has 0 spiro atoms. The Balaban J connectivity index is 1.98. The van der Waals surface area contributed by atoms with E-state index < -0.39 is 5.82 Å². The van der Waals surface area contributed by atoms with E-state index in [0.29, 0.717) is 5.76 Å². The Kier molecular flexibility index (Phi) is 4.16. The molecule has 3 rings (SSSR count). The second-order valence-corrected chi connectivity index (χ2v) is 5.92. The van der Waals surface area contributed by atoms with E-state index in [2.05, 4.69) is 10.5 Å². The Bertz CT molecular complexity index is 688. The maximum absolute atomic E-state index is 14.1. The summed E-state index contributed by atoms with van der Waals surface area (Å²) in [7, 11) is 0. The van der Waals surface area contributed by atoms with Gasteiger partial charge in [0.1, 0.15) is 22.8 Å². The van der Waals surface area contributed by atoms with Crippen LogP contribution in [0.25, 0.3) is 11.3 Å². The molecule has 0 saturated heterocycles. The van der Waals surface area contributed by atoms with Crippen LogP contribution in [0.3, 0.4) is 0 Å². The smallest absolute Gasteiger partial charge is 0.257 e. The highest BCUT2D eigenvalue weighted by Gasteiger charge is 2.27. The summed E-state index contributed by atoms with van der Waals surface area (Å²) >= 11 is 6.07. The number of nitrogens with one attached hydrogen (secondary N) is 1. The fraction of sp³-hybridized carbons (Fsp3) is 0.375. The largest absolute Gasteiger partial charge is 0.360 e. The van der Waals surface area contributed by atoms with Crippen molar-refractivity contribution in [1.82, 2.24) is 10.5 Å². The maximum Gasteiger partial charge on any atom is 0.257 e. The molecule has 1 fully saturated rings. The van der Waals surface area contributed by atoms with E-state index in [-0.39, 0.29) is 33.8 Å². The van der Waals surface area contributed by atoms with Crippen molar-refractivity contribution in [3.05, 3.63) is 40.4 Å². The van der Waals surface area contributed by atoms with Gasteiger partial charge >= 0.3 is 0 Å². The molecule has 1 heterocycles. The summed E-state index contributed by atoms with van der Waals surface area (Å²) in [5.41, 5.74) is 0.493. The third-order valence-corrected chi connectivity index (χ3v) is 4.29. The van der Waals surface area contributed by atoms with Gasteiger partial charge in [0.2, 0.25) is 0 Å². The standard InChI is InChI=1S/C16H16ClFN2O2/c1-9-13(16(21)19-10-5-2-3-6-10)15(20-22-9)14-11(17)7-4-8-12(14)18/h4,7-8,10H,2-3,5-6H2,1H3,(H,19,21). The molecule has 1 saturated carbocycles. The summed E-state index contributed by atoms with van der Waals surface area (Å²) in [4.78, 5) is 12.5. The lowest BCUT2D eigenvalue weighted by Gasteiger charge is -2.12. The third-order valence-electron chi connectivity index (χ3n) is 3.98. The minimum absolute atomic E-state index is 0.0950. The molecular formula is C16H16ClFN2O2. The zero-order chi connectivity index (χ0) is 15.7. The molecule has 1 amide bonds. The fourth-order valence-electron chi connectivity index (χ4n) is 2.86. The summed E-state index contributed by atoms with van der Waals surface area (Å²) in [5, 5.41) is 7.01. The second-order valence-electron chi connectivity index (χ2n) is 5.51. The van der Waals surface area contributed by atoms with Gasteiger partial charge in [-0.05, 0) is 31.9 Å². The van der Waals surface area contributed by atoms with Gasteiger partial charge in [0.25, 0.3) is 5.91 Å². The molecule has 1 aliphatic carbocycles. The predicted octanol–water partition coefficient (Wildman–Crippen LogP) is 4.11. The van der Waals surface area contributed by atoms with Gasteiger partial charge < -0.3 is 9.84 Å². The van der Waals surface area contributed by atoms with Crippen molar-refractivity contribution in [2.75, 3.05) is 0 Å². The number of hydrogen-bond acceptors (Lipinski definition) is 3. The van der Waals surface area contributed by atoms with Crippen LogP contribution in [-0.2, 0) is 0 Å². The van der Waals surface area contributed by atoms with Crippen LogP contribution in [-0.4, -0.2) is 17.1 Å². The van der Waals surface area contributed by atoms with Gasteiger partial charge in [0.15, 0.2) is 0 Å². The van der Waals surface area contributed by atoms with Gasteiger partial charge in [-0.15, -0.1) is 0 Å². The predicted molar refractivity (Wildman–Crippen MR) is 81.4 cm³/mol. The number of rotatable bonds is 3. The first-order valence-corrected chi connectivity index (χ1v) is 7.67. The molecule has 116 valence electrons. The number of halogens is 2. The van der Waals surface area contributed by atoms with Crippen LogP contribution in [0.2, 0.25) is 5.02 Å². The first kappa shape index (κ1) is 15.0. The number of benzene rings is 1. The quantitative estimate of drug-likeness (QED) is 0.925. The van der Waals surface area contributed by atoms with Gasteiger partial charge in [-0.2, -0.15) is 0 Å². The van der Waals surface area contributed by atoms with Gasteiger partial charge in [-0.1, -0.05) is 35.7 Å². The fourth-order valence-corrected chi connectivity index (χ4v) is 3.11. The lowest BCUT2D eigenvalue weighted by atomic mass is 10.0.